The van der Waals surface area contributed by atoms with E-state index in [2.05, 4.69) is 15.9 Å². The van der Waals surface area contributed by atoms with Gasteiger partial charge in [0.2, 0.25) is 0 Å². The number of anilines is 1. The minimum atomic E-state index is -0.203. The van der Waals surface area contributed by atoms with Crippen molar-refractivity contribution < 1.29 is 14.3 Å². The van der Waals surface area contributed by atoms with Gasteiger partial charge in [0.1, 0.15) is 18.1 Å². The summed E-state index contributed by atoms with van der Waals surface area (Å²) in [6, 6.07) is 18.3. The van der Waals surface area contributed by atoms with E-state index in [0.717, 1.165) is 15.6 Å². The number of thioether (sulfide) groups is 1. The van der Waals surface area contributed by atoms with Gasteiger partial charge >= 0.3 is 0 Å². The summed E-state index contributed by atoms with van der Waals surface area (Å²) in [4.78, 5) is 15.0. The molecule has 1 aliphatic heterocycles. The van der Waals surface area contributed by atoms with Crippen LogP contribution in [0.4, 0.5) is 5.69 Å². The highest BCUT2D eigenvalue weighted by Crippen LogP contribution is 2.39. The fraction of sp³-hybridized carbons (Fsp3) is 0.0833. The normalized spacial score (nSPS) is 14.8. The van der Waals surface area contributed by atoms with Crippen molar-refractivity contribution in [3.63, 3.8) is 0 Å². The Kier molecular flexibility index (Phi) is 7.66. The Morgan fingerprint density at radius 2 is 1.79 bits per heavy atom. The quantitative estimate of drug-likeness (QED) is 0.220. The molecule has 1 aliphatic rings. The molecule has 1 heterocycles. The van der Waals surface area contributed by atoms with Crippen molar-refractivity contribution in [3.8, 4) is 11.5 Å². The highest BCUT2D eigenvalue weighted by Gasteiger charge is 2.33. The number of rotatable bonds is 6. The van der Waals surface area contributed by atoms with Gasteiger partial charge in [-0.2, -0.15) is 0 Å². The van der Waals surface area contributed by atoms with Crippen LogP contribution in [0, 0.1) is 0 Å². The van der Waals surface area contributed by atoms with Crippen LogP contribution in [0.3, 0.4) is 0 Å². The zero-order valence-electron chi connectivity index (χ0n) is 17.2. The lowest BCUT2D eigenvalue weighted by atomic mass is 10.2. The maximum absolute atomic E-state index is 13.1. The first-order valence-corrected chi connectivity index (χ1v) is 12.4. The van der Waals surface area contributed by atoms with Gasteiger partial charge in [0, 0.05) is 5.02 Å². The Balaban J connectivity index is 1.50. The molecule has 0 atom stereocenters. The largest absolute Gasteiger partial charge is 0.495 e. The van der Waals surface area contributed by atoms with E-state index in [1.54, 1.807) is 24.3 Å². The zero-order valence-corrected chi connectivity index (χ0v) is 21.9. The monoisotopic (exact) mass is 579 g/mol. The zero-order chi connectivity index (χ0) is 23.5. The highest BCUT2D eigenvalue weighted by molar-refractivity contribution is 9.10. The SMILES string of the molecule is COc1ccc(N2C(=O)/C(=C\c3ccc(OCc4ccc(Cl)cc4)c(Br)c3)SC2=S)cc1Cl. The van der Waals surface area contributed by atoms with Gasteiger partial charge in [0.25, 0.3) is 5.91 Å². The topological polar surface area (TPSA) is 38.8 Å². The molecule has 0 aromatic heterocycles. The fourth-order valence-electron chi connectivity index (χ4n) is 3.10. The molecule has 0 saturated carbocycles. The van der Waals surface area contributed by atoms with Gasteiger partial charge in [-0.25, -0.2) is 0 Å². The van der Waals surface area contributed by atoms with E-state index in [4.69, 9.17) is 44.9 Å². The first-order valence-electron chi connectivity index (χ1n) is 9.64. The number of hydrogen-bond acceptors (Lipinski definition) is 5. The maximum atomic E-state index is 13.1. The molecule has 9 heteroatoms. The van der Waals surface area contributed by atoms with Crippen LogP contribution < -0.4 is 14.4 Å². The van der Waals surface area contributed by atoms with Crippen molar-refractivity contribution in [2.24, 2.45) is 0 Å². The fourth-order valence-corrected chi connectivity index (χ4v) is 5.29. The van der Waals surface area contributed by atoms with Crippen LogP contribution in [0.15, 0.2) is 70.0 Å². The van der Waals surface area contributed by atoms with Gasteiger partial charge in [0.15, 0.2) is 4.32 Å². The Labute approximate surface area is 219 Å². The number of methoxy groups -OCH3 is 1. The number of ether oxygens (including phenoxy) is 2. The van der Waals surface area contributed by atoms with Crippen molar-refractivity contribution >= 4 is 85.1 Å². The third kappa shape index (κ3) is 5.55. The van der Waals surface area contributed by atoms with Gasteiger partial charge in [-0.05, 0) is 75.6 Å². The molecule has 1 fully saturated rings. The molecule has 0 N–H and O–H groups in total. The lowest BCUT2D eigenvalue weighted by Crippen LogP contribution is -2.27. The molecule has 0 aliphatic carbocycles. The molecule has 3 aromatic rings. The van der Waals surface area contributed by atoms with Gasteiger partial charge in [-0.1, -0.05) is 65.4 Å². The van der Waals surface area contributed by atoms with Crippen LogP contribution in [0.2, 0.25) is 10.0 Å². The van der Waals surface area contributed by atoms with E-state index in [1.807, 2.05) is 42.5 Å². The Hall–Kier alpha value is -2.03. The summed E-state index contributed by atoms with van der Waals surface area (Å²) in [5.74, 6) is 1.03. The van der Waals surface area contributed by atoms with Crippen molar-refractivity contribution in [3.05, 3.63) is 91.2 Å². The van der Waals surface area contributed by atoms with Crippen LogP contribution in [0.1, 0.15) is 11.1 Å². The van der Waals surface area contributed by atoms with E-state index in [-0.39, 0.29) is 5.91 Å². The Bertz CT molecular complexity index is 1270. The number of carbonyl (C=O) groups is 1. The Morgan fingerprint density at radius 1 is 1.06 bits per heavy atom. The van der Waals surface area contributed by atoms with Crippen LogP contribution in [0.25, 0.3) is 6.08 Å². The van der Waals surface area contributed by atoms with Crippen LogP contribution in [0.5, 0.6) is 11.5 Å². The first-order chi connectivity index (χ1) is 15.9. The minimum absolute atomic E-state index is 0.203. The van der Waals surface area contributed by atoms with Gasteiger partial charge in [0.05, 0.1) is 27.2 Å². The van der Waals surface area contributed by atoms with Crippen molar-refractivity contribution in [2.75, 3.05) is 12.0 Å². The van der Waals surface area contributed by atoms with Crippen molar-refractivity contribution in [1.29, 1.82) is 0 Å². The second-order valence-corrected chi connectivity index (χ2v) is 10.3. The summed E-state index contributed by atoms with van der Waals surface area (Å²) in [5.41, 5.74) is 2.45. The van der Waals surface area contributed by atoms with Crippen LogP contribution >= 0.6 is 63.1 Å². The lowest BCUT2D eigenvalue weighted by Gasteiger charge is -2.15. The molecule has 3 aromatic carbocycles. The first kappa shape index (κ1) is 24.1. The minimum Gasteiger partial charge on any atom is -0.495 e. The molecule has 0 bridgehead atoms. The highest BCUT2D eigenvalue weighted by atomic mass is 79.9. The summed E-state index contributed by atoms with van der Waals surface area (Å²) in [6.07, 6.45) is 1.80. The lowest BCUT2D eigenvalue weighted by molar-refractivity contribution is -0.113. The molecular weight excluding hydrogens is 565 g/mol. The third-order valence-corrected chi connectivity index (χ3v) is 7.22. The predicted octanol–water partition coefficient (Wildman–Crippen LogP) is 7.75. The number of benzene rings is 3. The number of thiocarbonyl (C=S) groups is 1. The van der Waals surface area contributed by atoms with E-state index in [9.17, 15) is 4.79 Å². The summed E-state index contributed by atoms with van der Waals surface area (Å²) in [5, 5.41) is 1.09. The number of nitrogens with zero attached hydrogens (tertiary/aromatic N) is 1. The van der Waals surface area contributed by atoms with Gasteiger partial charge in [-0.3, -0.25) is 9.69 Å². The molecule has 1 saturated heterocycles. The summed E-state index contributed by atoms with van der Waals surface area (Å²) in [6.45, 7) is 0.415. The smallest absolute Gasteiger partial charge is 0.270 e. The molecule has 0 unspecified atom stereocenters. The average Bonchev–Trinajstić information content (AvgIpc) is 3.07. The van der Waals surface area contributed by atoms with Gasteiger partial charge < -0.3 is 9.47 Å². The van der Waals surface area contributed by atoms with Crippen LogP contribution in [-0.4, -0.2) is 17.3 Å². The van der Waals surface area contributed by atoms with Crippen molar-refractivity contribution in [2.45, 2.75) is 6.61 Å². The predicted molar refractivity (Wildman–Crippen MR) is 144 cm³/mol. The summed E-state index contributed by atoms with van der Waals surface area (Å²) < 4.78 is 12.3. The average molecular weight is 581 g/mol. The Morgan fingerprint density at radius 3 is 2.45 bits per heavy atom. The molecule has 168 valence electrons. The molecule has 4 nitrogen and oxygen atoms in total. The second kappa shape index (κ2) is 10.5. The second-order valence-electron chi connectivity index (χ2n) is 6.94. The molecule has 0 radical (unpaired) electrons. The van der Waals surface area contributed by atoms with E-state index in [0.29, 0.717) is 43.1 Å². The van der Waals surface area contributed by atoms with Crippen LogP contribution in [-0.2, 0) is 11.4 Å². The van der Waals surface area contributed by atoms with E-state index >= 15 is 0 Å². The van der Waals surface area contributed by atoms with E-state index < -0.39 is 0 Å². The third-order valence-electron chi connectivity index (χ3n) is 4.75. The summed E-state index contributed by atoms with van der Waals surface area (Å²) in [7, 11) is 1.54. The molecule has 0 spiro atoms. The molecular formula is C24H16BrCl2NO3S2. The van der Waals surface area contributed by atoms with Crippen molar-refractivity contribution in [1.82, 2.24) is 0 Å². The van der Waals surface area contributed by atoms with Gasteiger partial charge in [-0.15, -0.1) is 0 Å². The molecule has 4 rings (SSSR count). The van der Waals surface area contributed by atoms with E-state index in [1.165, 1.54) is 23.8 Å². The maximum Gasteiger partial charge on any atom is 0.270 e. The molecule has 33 heavy (non-hydrogen) atoms. The summed E-state index contributed by atoms with van der Waals surface area (Å²) >= 11 is 22.4. The number of carbonyl (C=O) groups excluding carboxylic acids is 1. The standard InChI is InChI=1S/C24H16BrCl2NO3S2/c1-30-21-9-7-17(12-19(21)27)28-23(29)22(33-24(28)32)11-15-4-8-20(18(25)10-15)31-13-14-2-5-16(26)6-3-14/h2-12H,13H2,1H3/b22-11+. The number of amides is 1. The number of halogens is 3. The number of hydrogen-bond donors (Lipinski definition) is 0. The molecule has 1 amide bonds.